The maximum Gasteiger partial charge on any atom is 0.410 e. The number of hydrogen-bond acceptors (Lipinski definition) is 8. The van der Waals surface area contributed by atoms with Crippen LogP contribution in [0.3, 0.4) is 0 Å². The molecule has 0 spiro atoms. The average molecular weight is 563 g/mol. The first-order valence-corrected chi connectivity index (χ1v) is 13.9. The number of benzene rings is 1. The van der Waals surface area contributed by atoms with Gasteiger partial charge in [0, 0.05) is 66.0 Å². The molecule has 2 aliphatic rings. The summed E-state index contributed by atoms with van der Waals surface area (Å²) in [6.07, 6.45) is 1.97. The Hall–Kier alpha value is -4.35. The number of nitrogens with one attached hydrogen (secondary N) is 3. The third-order valence-corrected chi connectivity index (χ3v) is 7.17. The summed E-state index contributed by atoms with van der Waals surface area (Å²) in [5.74, 6) is 1.73. The standard InChI is InChI=1S/C29H35FN8O3/c1-16-12-19-20(31-16)8-9-22(26(19)30)40-27-33-23(32-24-13-21(35-36-24)18-6-7-18)14-25(34-27)38-11-10-37(15-17(38)2)28(39)41-29(3,4)5/h8-9,12-14,17-18,31H,6-7,10-11,15H2,1-5H3,(H2,32,33,34,35,36)/t17-/m0/s1. The number of hydrogen-bond donors (Lipinski definition) is 3. The van der Waals surface area contributed by atoms with Crippen molar-refractivity contribution in [3.05, 3.63) is 47.5 Å². The van der Waals surface area contributed by atoms with Gasteiger partial charge in [0.25, 0.3) is 0 Å². The minimum atomic E-state index is -0.570. The molecule has 1 atom stereocenters. The number of amides is 1. The fourth-order valence-corrected chi connectivity index (χ4v) is 5.06. The van der Waals surface area contributed by atoms with Crippen LogP contribution >= 0.6 is 0 Å². The van der Waals surface area contributed by atoms with Crippen LogP contribution < -0.4 is 15.0 Å². The number of aryl methyl sites for hydroxylation is 1. The lowest BCUT2D eigenvalue weighted by Crippen LogP contribution is -2.54. The van der Waals surface area contributed by atoms with E-state index in [-0.39, 0.29) is 23.9 Å². The van der Waals surface area contributed by atoms with Crippen molar-refractivity contribution in [3.63, 3.8) is 0 Å². The number of aromatic nitrogens is 5. The minimum absolute atomic E-state index is 0.00442. The van der Waals surface area contributed by atoms with Gasteiger partial charge in [-0.1, -0.05) is 0 Å². The Morgan fingerprint density at radius 3 is 2.66 bits per heavy atom. The number of piperazine rings is 1. The van der Waals surface area contributed by atoms with Gasteiger partial charge < -0.3 is 29.6 Å². The van der Waals surface area contributed by atoms with Crippen LogP contribution in [0.25, 0.3) is 10.9 Å². The molecule has 0 bridgehead atoms. The van der Waals surface area contributed by atoms with Gasteiger partial charge in [-0.25, -0.2) is 9.18 Å². The summed E-state index contributed by atoms with van der Waals surface area (Å²) in [5, 5.41) is 11.1. The van der Waals surface area contributed by atoms with Gasteiger partial charge in [-0.15, -0.1) is 0 Å². The summed E-state index contributed by atoms with van der Waals surface area (Å²) >= 11 is 0. The Morgan fingerprint density at radius 1 is 1.12 bits per heavy atom. The second-order valence-electron chi connectivity index (χ2n) is 11.9. The van der Waals surface area contributed by atoms with Gasteiger partial charge in [0.05, 0.1) is 0 Å². The topological polar surface area (TPSA) is 124 Å². The fourth-order valence-electron chi connectivity index (χ4n) is 5.06. The monoisotopic (exact) mass is 562 g/mol. The summed E-state index contributed by atoms with van der Waals surface area (Å²) in [7, 11) is 0. The molecule has 0 unspecified atom stereocenters. The number of nitrogens with zero attached hydrogens (tertiary/aromatic N) is 5. The zero-order valence-electron chi connectivity index (χ0n) is 23.9. The fraction of sp³-hybridized carbons (Fsp3) is 0.448. The number of ether oxygens (including phenoxy) is 2. The molecule has 6 rings (SSSR count). The molecule has 216 valence electrons. The number of halogens is 1. The molecule has 0 radical (unpaired) electrons. The molecule has 11 nitrogen and oxygen atoms in total. The Bertz CT molecular complexity index is 1590. The molecule has 4 aromatic rings. The highest BCUT2D eigenvalue weighted by Gasteiger charge is 2.31. The highest BCUT2D eigenvalue weighted by molar-refractivity contribution is 5.82. The number of aromatic amines is 2. The van der Waals surface area contributed by atoms with E-state index in [1.807, 2.05) is 46.8 Å². The summed E-state index contributed by atoms with van der Waals surface area (Å²) in [5.41, 5.74) is 2.05. The predicted molar refractivity (Wildman–Crippen MR) is 154 cm³/mol. The SMILES string of the molecule is Cc1cc2c(F)c(Oc3nc(Nc4cc(C5CC5)[nH]n4)cc(N4CCN(C(=O)OC(C)(C)C)C[C@@H]4C)n3)ccc2[nH]1. The van der Waals surface area contributed by atoms with Gasteiger partial charge in [0.1, 0.15) is 17.2 Å². The smallest absolute Gasteiger partial charge is 0.410 e. The molecule has 1 aromatic carbocycles. The van der Waals surface area contributed by atoms with E-state index in [2.05, 4.69) is 35.4 Å². The molecule has 3 N–H and O–H groups in total. The van der Waals surface area contributed by atoms with Crippen molar-refractivity contribution in [2.24, 2.45) is 0 Å². The second-order valence-corrected chi connectivity index (χ2v) is 11.9. The quantitative estimate of drug-likeness (QED) is 0.262. The summed E-state index contributed by atoms with van der Waals surface area (Å²) in [6, 6.07) is 8.78. The number of H-pyrrole nitrogens is 2. The van der Waals surface area contributed by atoms with Gasteiger partial charge in [-0.05, 0) is 65.7 Å². The van der Waals surface area contributed by atoms with Crippen molar-refractivity contribution in [1.82, 2.24) is 30.0 Å². The van der Waals surface area contributed by atoms with E-state index in [0.717, 1.165) is 24.2 Å². The Balaban J connectivity index is 1.28. The lowest BCUT2D eigenvalue weighted by Gasteiger charge is -2.40. The van der Waals surface area contributed by atoms with E-state index in [1.54, 1.807) is 23.1 Å². The Kier molecular flexibility index (Phi) is 6.71. The molecule has 1 saturated carbocycles. The van der Waals surface area contributed by atoms with E-state index in [4.69, 9.17) is 9.47 Å². The lowest BCUT2D eigenvalue weighted by atomic mass is 10.2. The maximum atomic E-state index is 15.4. The average Bonchev–Trinajstić information content (AvgIpc) is 3.52. The maximum absolute atomic E-state index is 15.4. The van der Waals surface area contributed by atoms with Crippen molar-refractivity contribution in [2.75, 3.05) is 29.9 Å². The van der Waals surface area contributed by atoms with Crippen molar-refractivity contribution < 1.29 is 18.7 Å². The van der Waals surface area contributed by atoms with Crippen molar-refractivity contribution >= 4 is 34.4 Å². The molecular weight excluding hydrogens is 527 g/mol. The first-order chi connectivity index (χ1) is 19.5. The zero-order chi connectivity index (χ0) is 28.9. The predicted octanol–water partition coefficient (Wildman–Crippen LogP) is 5.99. The lowest BCUT2D eigenvalue weighted by molar-refractivity contribution is 0.0218. The van der Waals surface area contributed by atoms with Crippen LogP contribution in [-0.4, -0.2) is 67.4 Å². The molecule has 4 heterocycles. The number of fused-ring (bicyclic) bond motifs is 1. The van der Waals surface area contributed by atoms with Crippen LogP contribution in [0.5, 0.6) is 11.8 Å². The number of carbonyl (C=O) groups is 1. The van der Waals surface area contributed by atoms with E-state index in [1.165, 1.54) is 0 Å². The molecule has 1 amide bonds. The molecule has 1 aliphatic heterocycles. The van der Waals surface area contributed by atoms with Gasteiger partial charge >= 0.3 is 12.1 Å². The van der Waals surface area contributed by atoms with Crippen molar-refractivity contribution in [3.8, 4) is 11.8 Å². The molecule has 41 heavy (non-hydrogen) atoms. The van der Waals surface area contributed by atoms with Crippen LogP contribution in [0.1, 0.15) is 57.8 Å². The molecular formula is C29H35FN8O3. The van der Waals surface area contributed by atoms with Crippen molar-refractivity contribution in [2.45, 2.75) is 65.0 Å². The first-order valence-electron chi connectivity index (χ1n) is 13.9. The summed E-state index contributed by atoms with van der Waals surface area (Å²) in [4.78, 5) is 28.8. The Morgan fingerprint density at radius 2 is 1.93 bits per heavy atom. The molecule has 2 fully saturated rings. The third-order valence-electron chi connectivity index (χ3n) is 7.17. The van der Waals surface area contributed by atoms with Crippen LogP contribution in [0.15, 0.2) is 30.3 Å². The second kappa shape index (κ2) is 10.2. The van der Waals surface area contributed by atoms with Gasteiger partial charge in [0.2, 0.25) is 0 Å². The van der Waals surface area contributed by atoms with Gasteiger partial charge in [0.15, 0.2) is 17.4 Å². The number of carbonyl (C=O) groups excluding carboxylic acids is 1. The van der Waals surface area contributed by atoms with Crippen LogP contribution in [0, 0.1) is 12.7 Å². The largest absolute Gasteiger partial charge is 0.444 e. The summed E-state index contributed by atoms with van der Waals surface area (Å²) < 4.78 is 26.9. The van der Waals surface area contributed by atoms with Gasteiger partial charge in [-0.3, -0.25) is 5.10 Å². The highest BCUT2D eigenvalue weighted by Crippen LogP contribution is 2.40. The third kappa shape index (κ3) is 5.91. The normalized spacial score (nSPS) is 17.7. The molecule has 1 aliphatic carbocycles. The Labute approximate surface area is 237 Å². The number of anilines is 3. The van der Waals surface area contributed by atoms with E-state index >= 15 is 4.39 Å². The highest BCUT2D eigenvalue weighted by atomic mass is 19.1. The van der Waals surface area contributed by atoms with E-state index in [0.29, 0.717) is 53.9 Å². The molecule has 3 aromatic heterocycles. The van der Waals surface area contributed by atoms with Crippen LogP contribution in [-0.2, 0) is 4.74 Å². The summed E-state index contributed by atoms with van der Waals surface area (Å²) in [6.45, 7) is 10.9. The zero-order valence-corrected chi connectivity index (χ0v) is 23.9. The van der Waals surface area contributed by atoms with Crippen molar-refractivity contribution in [1.29, 1.82) is 0 Å². The van der Waals surface area contributed by atoms with E-state index in [9.17, 15) is 4.79 Å². The molecule has 12 heteroatoms. The number of rotatable bonds is 6. The van der Waals surface area contributed by atoms with Crippen LogP contribution in [0.4, 0.5) is 26.6 Å². The first kappa shape index (κ1) is 26.9. The minimum Gasteiger partial charge on any atom is -0.444 e. The molecule has 1 saturated heterocycles. The van der Waals surface area contributed by atoms with Crippen LogP contribution in [0.2, 0.25) is 0 Å². The van der Waals surface area contributed by atoms with E-state index < -0.39 is 11.4 Å². The van der Waals surface area contributed by atoms with Gasteiger partial charge in [-0.2, -0.15) is 15.1 Å².